The van der Waals surface area contributed by atoms with Crippen molar-refractivity contribution in [2.45, 2.75) is 6.92 Å². The van der Waals surface area contributed by atoms with Gasteiger partial charge in [0.1, 0.15) is 0 Å². The molecule has 9 heavy (non-hydrogen) atoms. The SMILES string of the molecule is Cc1cn(C)[n+](C)c1.[Br-]. The summed E-state index contributed by atoms with van der Waals surface area (Å²) in [5.41, 5.74) is 1.30. The van der Waals surface area contributed by atoms with E-state index < -0.39 is 0 Å². The number of nitrogens with zero attached hydrogens (tertiary/aromatic N) is 2. The van der Waals surface area contributed by atoms with Gasteiger partial charge < -0.3 is 17.0 Å². The topological polar surface area (TPSA) is 8.81 Å². The highest BCUT2D eigenvalue weighted by Gasteiger charge is 1.97. The van der Waals surface area contributed by atoms with Crippen molar-refractivity contribution in [3.05, 3.63) is 18.0 Å². The van der Waals surface area contributed by atoms with Crippen LogP contribution in [-0.4, -0.2) is 4.68 Å². The summed E-state index contributed by atoms with van der Waals surface area (Å²) >= 11 is 0. The summed E-state index contributed by atoms with van der Waals surface area (Å²) in [6.07, 6.45) is 4.17. The molecule has 0 spiro atoms. The molecule has 1 aromatic rings. The summed E-state index contributed by atoms with van der Waals surface area (Å²) < 4.78 is 4.07. The minimum atomic E-state index is 0. The molecule has 0 aliphatic rings. The van der Waals surface area contributed by atoms with E-state index in [1.807, 2.05) is 23.5 Å². The summed E-state index contributed by atoms with van der Waals surface area (Å²) in [7, 11) is 4.04. The van der Waals surface area contributed by atoms with Gasteiger partial charge in [-0.2, -0.15) is 4.68 Å². The Morgan fingerprint density at radius 1 is 1.56 bits per heavy atom. The molecular formula is C6H11BrN2. The maximum absolute atomic E-state index is 2.08. The Balaban J connectivity index is 0.000000640. The van der Waals surface area contributed by atoms with Crippen molar-refractivity contribution in [2.75, 3.05) is 0 Å². The summed E-state index contributed by atoms with van der Waals surface area (Å²) in [6.45, 7) is 2.08. The lowest BCUT2D eigenvalue weighted by Gasteiger charge is -1.82. The van der Waals surface area contributed by atoms with E-state index in [4.69, 9.17) is 0 Å². The maximum Gasteiger partial charge on any atom is 0.198 e. The molecule has 3 heteroatoms. The zero-order valence-corrected chi connectivity index (χ0v) is 7.51. The predicted octanol–water partition coefficient (Wildman–Crippen LogP) is -2.84. The average Bonchev–Trinajstić information content (AvgIpc) is 1.85. The molecule has 0 unspecified atom stereocenters. The molecule has 1 aromatic heterocycles. The second-order valence-electron chi connectivity index (χ2n) is 2.15. The van der Waals surface area contributed by atoms with Crippen LogP contribution in [0.2, 0.25) is 0 Å². The molecular weight excluding hydrogens is 180 g/mol. The van der Waals surface area contributed by atoms with Gasteiger partial charge in [0.05, 0.1) is 13.2 Å². The van der Waals surface area contributed by atoms with Gasteiger partial charge in [0.2, 0.25) is 0 Å². The van der Waals surface area contributed by atoms with Gasteiger partial charge in [0.15, 0.2) is 13.2 Å². The number of aromatic nitrogens is 2. The highest BCUT2D eigenvalue weighted by atomic mass is 79.9. The maximum atomic E-state index is 2.08. The van der Waals surface area contributed by atoms with E-state index in [-0.39, 0.29) is 17.0 Å². The van der Waals surface area contributed by atoms with Crippen LogP contribution < -0.4 is 21.7 Å². The van der Waals surface area contributed by atoms with Crippen molar-refractivity contribution in [1.29, 1.82) is 0 Å². The largest absolute Gasteiger partial charge is 1.00 e. The van der Waals surface area contributed by atoms with Gasteiger partial charge in [0, 0.05) is 5.56 Å². The Kier molecular flexibility index (Phi) is 2.91. The number of halogens is 1. The van der Waals surface area contributed by atoms with E-state index in [2.05, 4.69) is 19.3 Å². The van der Waals surface area contributed by atoms with Crippen molar-refractivity contribution in [1.82, 2.24) is 4.68 Å². The molecule has 0 aliphatic heterocycles. The van der Waals surface area contributed by atoms with Gasteiger partial charge in [-0.15, -0.1) is 4.68 Å². The summed E-state index contributed by atoms with van der Waals surface area (Å²) in [6, 6.07) is 0. The van der Waals surface area contributed by atoms with Crippen LogP contribution in [-0.2, 0) is 14.1 Å². The lowest BCUT2D eigenvalue weighted by Crippen LogP contribution is -3.00. The highest BCUT2D eigenvalue weighted by molar-refractivity contribution is 4.94. The van der Waals surface area contributed by atoms with Gasteiger partial charge in [-0.3, -0.25) is 0 Å². The van der Waals surface area contributed by atoms with E-state index in [0.29, 0.717) is 0 Å². The molecule has 0 aliphatic carbocycles. The first kappa shape index (κ1) is 8.69. The molecule has 1 heterocycles. The summed E-state index contributed by atoms with van der Waals surface area (Å²) in [4.78, 5) is 0. The Labute approximate surface area is 65.9 Å². The molecule has 0 aromatic carbocycles. The molecule has 1 rings (SSSR count). The molecule has 0 saturated heterocycles. The summed E-state index contributed by atoms with van der Waals surface area (Å²) in [5, 5.41) is 0. The van der Waals surface area contributed by atoms with Crippen LogP contribution in [0.25, 0.3) is 0 Å². The lowest BCUT2D eigenvalue weighted by atomic mass is 10.4. The molecule has 0 atom stereocenters. The van der Waals surface area contributed by atoms with E-state index >= 15 is 0 Å². The number of aryl methyl sites for hydroxylation is 3. The van der Waals surface area contributed by atoms with Crippen LogP contribution in [0.15, 0.2) is 12.4 Å². The first-order valence-electron chi connectivity index (χ1n) is 2.69. The van der Waals surface area contributed by atoms with E-state index in [9.17, 15) is 0 Å². The van der Waals surface area contributed by atoms with Gasteiger partial charge >= 0.3 is 0 Å². The van der Waals surface area contributed by atoms with Gasteiger partial charge in [0.25, 0.3) is 0 Å². The third-order valence-corrected chi connectivity index (χ3v) is 1.28. The molecule has 0 radical (unpaired) electrons. The monoisotopic (exact) mass is 190 g/mol. The van der Waals surface area contributed by atoms with Gasteiger partial charge in [-0.1, -0.05) is 0 Å². The van der Waals surface area contributed by atoms with Crippen LogP contribution in [0, 0.1) is 6.92 Å². The number of hydrogen-bond donors (Lipinski definition) is 0. The predicted molar refractivity (Wildman–Crippen MR) is 31.3 cm³/mol. The van der Waals surface area contributed by atoms with Crippen LogP contribution in [0.1, 0.15) is 5.56 Å². The second-order valence-corrected chi connectivity index (χ2v) is 2.15. The Hall–Kier alpha value is -0.310. The van der Waals surface area contributed by atoms with Crippen LogP contribution in [0.4, 0.5) is 0 Å². The second kappa shape index (κ2) is 3.01. The quantitative estimate of drug-likeness (QED) is 0.391. The smallest absolute Gasteiger partial charge is 0.198 e. The Bertz CT molecular complexity index is 173. The van der Waals surface area contributed by atoms with Crippen molar-refractivity contribution >= 4 is 0 Å². The van der Waals surface area contributed by atoms with Crippen LogP contribution in [0.3, 0.4) is 0 Å². The first-order chi connectivity index (χ1) is 3.70. The molecule has 0 saturated carbocycles. The standard InChI is InChI=1S/C6H11N2.BrH/c1-6-4-7(2)8(3)5-6;/h4-5H,1-3H3;1H/q+1;/p-1. The number of hydrogen-bond acceptors (Lipinski definition) is 0. The zero-order chi connectivity index (χ0) is 6.15. The molecule has 0 bridgehead atoms. The fourth-order valence-corrected chi connectivity index (χ4v) is 0.805. The molecule has 2 nitrogen and oxygen atoms in total. The Morgan fingerprint density at radius 3 is 2.22 bits per heavy atom. The first-order valence-corrected chi connectivity index (χ1v) is 2.69. The summed E-state index contributed by atoms with van der Waals surface area (Å²) in [5.74, 6) is 0. The normalized spacial score (nSPS) is 8.78. The molecule has 0 N–H and O–H groups in total. The molecule has 52 valence electrons. The van der Waals surface area contributed by atoms with Crippen molar-refractivity contribution in [3.8, 4) is 0 Å². The highest BCUT2D eigenvalue weighted by Crippen LogP contribution is 1.86. The lowest BCUT2D eigenvalue weighted by molar-refractivity contribution is -0.751. The average molecular weight is 191 g/mol. The van der Waals surface area contributed by atoms with E-state index in [0.717, 1.165) is 0 Å². The minimum absolute atomic E-state index is 0. The number of rotatable bonds is 0. The van der Waals surface area contributed by atoms with Crippen LogP contribution in [0.5, 0.6) is 0 Å². The fraction of sp³-hybridized carbons (Fsp3) is 0.500. The van der Waals surface area contributed by atoms with E-state index in [1.54, 1.807) is 0 Å². The van der Waals surface area contributed by atoms with Gasteiger partial charge in [-0.05, 0) is 6.92 Å². The van der Waals surface area contributed by atoms with Crippen molar-refractivity contribution in [3.63, 3.8) is 0 Å². The van der Waals surface area contributed by atoms with Crippen molar-refractivity contribution < 1.29 is 21.7 Å². The molecule has 0 amide bonds. The fourth-order valence-electron chi connectivity index (χ4n) is 0.805. The van der Waals surface area contributed by atoms with Gasteiger partial charge in [-0.25, -0.2) is 0 Å². The Morgan fingerprint density at radius 2 is 2.11 bits per heavy atom. The third-order valence-electron chi connectivity index (χ3n) is 1.28. The van der Waals surface area contributed by atoms with Crippen molar-refractivity contribution in [2.24, 2.45) is 14.1 Å². The van der Waals surface area contributed by atoms with Crippen LogP contribution >= 0.6 is 0 Å². The zero-order valence-electron chi connectivity index (χ0n) is 5.93. The minimum Gasteiger partial charge on any atom is -1.00 e. The molecule has 0 fully saturated rings. The third kappa shape index (κ3) is 1.82. The van der Waals surface area contributed by atoms with E-state index in [1.165, 1.54) is 5.56 Å².